The van der Waals surface area contributed by atoms with E-state index in [0.29, 0.717) is 18.1 Å². The maximum absolute atomic E-state index is 11.1. The molecule has 0 spiro atoms. The molecule has 0 radical (unpaired) electrons. The van der Waals surface area contributed by atoms with Gasteiger partial charge in [-0.3, -0.25) is 4.79 Å². The van der Waals surface area contributed by atoms with E-state index in [4.69, 9.17) is 0 Å². The van der Waals surface area contributed by atoms with Gasteiger partial charge in [0.15, 0.2) is 0 Å². The largest absolute Gasteiger partial charge is 0.319 e. The summed E-state index contributed by atoms with van der Waals surface area (Å²) in [6, 6.07) is 0. The molecule has 2 nitrogen and oxygen atoms in total. The Hall–Kier alpha value is -0.370. The number of hydrogen-bond donors (Lipinski definition) is 1. The standard InChI is InChI=1S/C9H19NO/c1-8(2)4-5-9(11)6-7-10-3/h8,10H,4-7H2,1-3H3. The minimum atomic E-state index is 0.382. The predicted octanol–water partition coefficient (Wildman–Crippen LogP) is 1.60. The first-order valence-electron chi connectivity index (χ1n) is 4.33. The molecule has 0 unspecified atom stereocenters. The third kappa shape index (κ3) is 7.53. The van der Waals surface area contributed by atoms with Crippen LogP contribution < -0.4 is 5.32 Å². The van der Waals surface area contributed by atoms with Gasteiger partial charge in [0.1, 0.15) is 5.78 Å². The van der Waals surface area contributed by atoms with Crippen molar-refractivity contribution in [2.24, 2.45) is 5.92 Å². The van der Waals surface area contributed by atoms with Gasteiger partial charge in [-0.15, -0.1) is 0 Å². The Bertz CT molecular complexity index is 110. The average molecular weight is 157 g/mol. The summed E-state index contributed by atoms with van der Waals surface area (Å²) in [4.78, 5) is 11.1. The lowest BCUT2D eigenvalue weighted by Gasteiger charge is -2.02. The molecule has 66 valence electrons. The van der Waals surface area contributed by atoms with Crippen LogP contribution in [0.3, 0.4) is 0 Å². The van der Waals surface area contributed by atoms with Crippen LogP contribution >= 0.6 is 0 Å². The molecule has 0 heterocycles. The first-order chi connectivity index (χ1) is 5.16. The van der Waals surface area contributed by atoms with Crippen molar-refractivity contribution >= 4 is 5.78 Å². The summed E-state index contributed by atoms with van der Waals surface area (Å²) in [5.41, 5.74) is 0. The van der Waals surface area contributed by atoms with Gasteiger partial charge < -0.3 is 5.32 Å². The lowest BCUT2D eigenvalue weighted by molar-refractivity contribution is -0.119. The first-order valence-corrected chi connectivity index (χ1v) is 4.33. The van der Waals surface area contributed by atoms with Gasteiger partial charge in [0.2, 0.25) is 0 Å². The Morgan fingerprint density at radius 1 is 1.36 bits per heavy atom. The highest BCUT2D eigenvalue weighted by Crippen LogP contribution is 2.04. The van der Waals surface area contributed by atoms with Gasteiger partial charge in [0, 0.05) is 19.4 Å². The smallest absolute Gasteiger partial charge is 0.134 e. The summed E-state index contributed by atoms with van der Waals surface area (Å²) in [7, 11) is 1.87. The number of rotatable bonds is 6. The SMILES string of the molecule is CNCCC(=O)CCC(C)C. The number of ketones is 1. The summed E-state index contributed by atoms with van der Waals surface area (Å²) in [6.45, 7) is 5.10. The maximum atomic E-state index is 11.1. The van der Waals surface area contributed by atoms with E-state index in [1.807, 2.05) is 7.05 Å². The first kappa shape index (κ1) is 10.6. The minimum Gasteiger partial charge on any atom is -0.319 e. The van der Waals surface area contributed by atoms with Gasteiger partial charge >= 0.3 is 0 Å². The zero-order valence-corrected chi connectivity index (χ0v) is 7.81. The van der Waals surface area contributed by atoms with Crippen LogP contribution in [-0.4, -0.2) is 19.4 Å². The molecule has 0 rings (SSSR count). The lowest BCUT2D eigenvalue weighted by atomic mass is 10.0. The van der Waals surface area contributed by atoms with Gasteiger partial charge in [-0.2, -0.15) is 0 Å². The highest BCUT2D eigenvalue weighted by Gasteiger charge is 2.01. The van der Waals surface area contributed by atoms with E-state index in [9.17, 15) is 4.79 Å². The molecule has 2 heteroatoms. The van der Waals surface area contributed by atoms with Crippen LogP contribution in [0.2, 0.25) is 0 Å². The van der Waals surface area contributed by atoms with Crippen molar-refractivity contribution in [1.82, 2.24) is 5.32 Å². The molecule has 0 aliphatic rings. The predicted molar refractivity (Wildman–Crippen MR) is 47.6 cm³/mol. The van der Waals surface area contributed by atoms with Crippen LogP contribution in [0.15, 0.2) is 0 Å². The van der Waals surface area contributed by atoms with Crippen LogP contribution in [0.25, 0.3) is 0 Å². The summed E-state index contributed by atoms with van der Waals surface area (Å²) in [5, 5.41) is 2.97. The highest BCUT2D eigenvalue weighted by atomic mass is 16.1. The summed E-state index contributed by atoms with van der Waals surface area (Å²) in [5.74, 6) is 1.03. The van der Waals surface area contributed by atoms with E-state index >= 15 is 0 Å². The highest BCUT2D eigenvalue weighted by molar-refractivity contribution is 5.78. The second kappa shape index (κ2) is 6.35. The van der Waals surface area contributed by atoms with E-state index in [2.05, 4.69) is 19.2 Å². The van der Waals surface area contributed by atoms with Crippen LogP contribution in [0, 0.1) is 5.92 Å². The fourth-order valence-electron chi connectivity index (χ4n) is 0.839. The molecule has 0 amide bonds. The van der Waals surface area contributed by atoms with E-state index in [0.717, 1.165) is 19.4 Å². The fourth-order valence-corrected chi connectivity index (χ4v) is 0.839. The summed E-state index contributed by atoms with van der Waals surface area (Å²) >= 11 is 0. The van der Waals surface area contributed by atoms with Crippen LogP contribution in [0.1, 0.15) is 33.1 Å². The van der Waals surface area contributed by atoms with Crippen molar-refractivity contribution in [3.63, 3.8) is 0 Å². The van der Waals surface area contributed by atoms with E-state index in [1.54, 1.807) is 0 Å². The molecule has 0 saturated carbocycles. The molecular weight excluding hydrogens is 138 g/mol. The molecule has 0 aliphatic carbocycles. The molecule has 0 fully saturated rings. The van der Waals surface area contributed by atoms with Crippen molar-refractivity contribution in [2.75, 3.05) is 13.6 Å². The van der Waals surface area contributed by atoms with Crippen LogP contribution in [0.4, 0.5) is 0 Å². The molecule has 0 aromatic carbocycles. The zero-order chi connectivity index (χ0) is 8.69. The van der Waals surface area contributed by atoms with Crippen molar-refractivity contribution in [3.8, 4) is 0 Å². The number of carbonyl (C=O) groups is 1. The summed E-state index contributed by atoms with van der Waals surface area (Å²) < 4.78 is 0. The molecule has 0 atom stereocenters. The number of hydrogen-bond acceptors (Lipinski definition) is 2. The van der Waals surface area contributed by atoms with Crippen LogP contribution in [-0.2, 0) is 4.79 Å². The number of Topliss-reactive ketones (excluding diaryl/α,β-unsaturated/α-hetero) is 1. The molecule has 0 aromatic heterocycles. The van der Waals surface area contributed by atoms with Crippen molar-refractivity contribution < 1.29 is 4.79 Å². The third-order valence-corrected chi connectivity index (χ3v) is 1.65. The van der Waals surface area contributed by atoms with Crippen molar-refractivity contribution in [3.05, 3.63) is 0 Å². The molecule has 0 aliphatic heterocycles. The molecular formula is C9H19NO. The normalized spacial score (nSPS) is 10.5. The van der Waals surface area contributed by atoms with Crippen LogP contribution in [0.5, 0.6) is 0 Å². The molecule has 0 aromatic rings. The molecule has 0 saturated heterocycles. The minimum absolute atomic E-state index is 0.382. The number of nitrogens with one attached hydrogen (secondary N) is 1. The summed E-state index contributed by atoms with van der Waals surface area (Å²) in [6.07, 6.45) is 2.46. The Kier molecular flexibility index (Phi) is 6.13. The van der Waals surface area contributed by atoms with Gasteiger partial charge in [0.05, 0.1) is 0 Å². The third-order valence-electron chi connectivity index (χ3n) is 1.65. The van der Waals surface area contributed by atoms with Crippen molar-refractivity contribution in [2.45, 2.75) is 33.1 Å². The Balaban J connectivity index is 3.23. The monoisotopic (exact) mass is 157 g/mol. The van der Waals surface area contributed by atoms with E-state index in [1.165, 1.54) is 0 Å². The Morgan fingerprint density at radius 2 is 2.00 bits per heavy atom. The van der Waals surface area contributed by atoms with Gasteiger partial charge in [-0.05, 0) is 19.4 Å². The fraction of sp³-hybridized carbons (Fsp3) is 0.889. The number of carbonyl (C=O) groups excluding carboxylic acids is 1. The lowest BCUT2D eigenvalue weighted by Crippen LogP contribution is -2.13. The topological polar surface area (TPSA) is 29.1 Å². The van der Waals surface area contributed by atoms with E-state index < -0.39 is 0 Å². The molecule has 0 bridgehead atoms. The zero-order valence-electron chi connectivity index (χ0n) is 7.81. The Morgan fingerprint density at radius 3 is 2.45 bits per heavy atom. The molecule has 11 heavy (non-hydrogen) atoms. The molecule has 1 N–H and O–H groups in total. The van der Waals surface area contributed by atoms with Gasteiger partial charge in [-0.25, -0.2) is 0 Å². The van der Waals surface area contributed by atoms with Gasteiger partial charge in [0.25, 0.3) is 0 Å². The maximum Gasteiger partial charge on any atom is 0.134 e. The van der Waals surface area contributed by atoms with Gasteiger partial charge in [-0.1, -0.05) is 13.8 Å². The Labute approximate surface area is 69.4 Å². The second-order valence-corrected chi connectivity index (χ2v) is 3.32. The quantitative estimate of drug-likeness (QED) is 0.634. The average Bonchev–Trinajstić information content (AvgIpc) is 1.97. The van der Waals surface area contributed by atoms with E-state index in [-0.39, 0.29) is 0 Å². The van der Waals surface area contributed by atoms with Crippen molar-refractivity contribution in [1.29, 1.82) is 0 Å². The second-order valence-electron chi connectivity index (χ2n) is 3.32.